The van der Waals surface area contributed by atoms with E-state index in [9.17, 15) is 22.0 Å². The Hall–Kier alpha value is -1.81. The van der Waals surface area contributed by atoms with Crippen LogP contribution in [-0.2, 0) is 14.8 Å². The summed E-state index contributed by atoms with van der Waals surface area (Å²) in [5.74, 6) is -2.94. The molecule has 2 aliphatic rings. The van der Waals surface area contributed by atoms with Crippen LogP contribution in [0.5, 0.6) is 0 Å². The average Bonchev–Trinajstić information content (AvgIpc) is 3.15. The molecule has 2 heterocycles. The maximum absolute atomic E-state index is 13.6. The summed E-state index contributed by atoms with van der Waals surface area (Å²) in [5.41, 5.74) is 0.709. The highest BCUT2D eigenvalue weighted by molar-refractivity contribution is 7.89. The summed E-state index contributed by atoms with van der Waals surface area (Å²) in [6.45, 7) is 8.67. The molecule has 7 nitrogen and oxygen atoms in total. The summed E-state index contributed by atoms with van der Waals surface area (Å²) in [6, 6.07) is 2.43. The highest BCUT2D eigenvalue weighted by Gasteiger charge is 2.46. The molecular formula is C21H32F2N4O3S. The van der Waals surface area contributed by atoms with Gasteiger partial charge in [0.2, 0.25) is 21.9 Å². The van der Waals surface area contributed by atoms with E-state index >= 15 is 0 Å². The number of pyridine rings is 1. The molecule has 1 N–H and O–H groups in total. The molecule has 3 rings (SSSR count). The van der Waals surface area contributed by atoms with E-state index in [1.807, 2.05) is 32.6 Å². The number of hydrogen-bond acceptors (Lipinski definition) is 5. The molecule has 2 fully saturated rings. The monoisotopic (exact) mass is 458 g/mol. The first-order valence-electron chi connectivity index (χ1n) is 10.9. The van der Waals surface area contributed by atoms with E-state index in [0.717, 1.165) is 0 Å². The van der Waals surface area contributed by atoms with E-state index in [0.29, 0.717) is 30.9 Å². The Morgan fingerprint density at radius 3 is 2.61 bits per heavy atom. The van der Waals surface area contributed by atoms with Gasteiger partial charge in [-0.05, 0) is 58.6 Å². The third-order valence-corrected chi connectivity index (χ3v) is 7.98. The summed E-state index contributed by atoms with van der Waals surface area (Å²) in [7, 11) is -3.97. The number of carbonyl (C=O) groups excluding carboxylic acids is 1. The Balaban J connectivity index is 1.81. The highest BCUT2D eigenvalue weighted by atomic mass is 32.2. The summed E-state index contributed by atoms with van der Waals surface area (Å²) < 4.78 is 54.5. The van der Waals surface area contributed by atoms with Crippen LogP contribution in [0.3, 0.4) is 0 Å². The van der Waals surface area contributed by atoms with Gasteiger partial charge in [-0.25, -0.2) is 22.2 Å². The van der Waals surface area contributed by atoms with Crippen molar-refractivity contribution in [3.05, 3.63) is 17.8 Å². The summed E-state index contributed by atoms with van der Waals surface area (Å²) in [5, 5.41) is 2.69. The van der Waals surface area contributed by atoms with Crippen LogP contribution in [0.1, 0.15) is 52.1 Å². The van der Waals surface area contributed by atoms with Gasteiger partial charge in [0, 0.05) is 44.2 Å². The number of anilines is 1. The normalized spacial score (nSPS) is 21.8. The molecule has 1 aromatic heterocycles. The lowest BCUT2D eigenvalue weighted by Crippen LogP contribution is -2.49. The maximum atomic E-state index is 13.6. The first-order chi connectivity index (χ1) is 14.5. The van der Waals surface area contributed by atoms with E-state index in [1.54, 1.807) is 12.1 Å². The van der Waals surface area contributed by atoms with Gasteiger partial charge in [-0.15, -0.1) is 0 Å². The van der Waals surface area contributed by atoms with Crippen LogP contribution < -0.4 is 10.2 Å². The lowest BCUT2D eigenvalue weighted by atomic mass is 9.81. The van der Waals surface area contributed by atoms with Crippen LogP contribution in [0.2, 0.25) is 0 Å². The van der Waals surface area contributed by atoms with Crippen molar-refractivity contribution in [2.75, 3.05) is 24.5 Å². The number of halogens is 2. The zero-order chi connectivity index (χ0) is 23.0. The molecule has 174 valence electrons. The Morgan fingerprint density at radius 2 is 2.03 bits per heavy atom. The average molecular weight is 459 g/mol. The quantitative estimate of drug-likeness (QED) is 0.648. The topological polar surface area (TPSA) is 82.6 Å². The molecular weight excluding hydrogens is 426 g/mol. The number of carbonyl (C=O) groups is 1. The Bertz CT molecular complexity index is 915. The molecule has 1 aliphatic heterocycles. The van der Waals surface area contributed by atoms with Crippen LogP contribution in [0.25, 0.3) is 0 Å². The number of sulfonamides is 1. The molecule has 1 saturated carbocycles. The molecule has 0 unspecified atom stereocenters. The number of nitrogens with one attached hydrogen (secondary N) is 1. The highest BCUT2D eigenvalue weighted by Crippen LogP contribution is 2.42. The number of amides is 1. The second kappa shape index (κ2) is 8.97. The summed E-state index contributed by atoms with van der Waals surface area (Å²) in [6.07, 6.45) is 0.498. The third-order valence-electron chi connectivity index (χ3n) is 6.05. The van der Waals surface area contributed by atoms with Crippen molar-refractivity contribution < 1.29 is 22.0 Å². The molecule has 10 heteroatoms. The lowest BCUT2D eigenvalue weighted by Gasteiger charge is -2.35. The molecule has 0 bridgehead atoms. The van der Waals surface area contributed by atoms with Gasteiger partial charge in [0.15, 0.2) is 0 Å². The van der Waals surface area contributed by atoms with E-state index in [-0.39, 0.29) is 42.8 Å². The maximum Gasteiger partial charge on any atom is 0.248 e. The van der Waals surface area contributed by atoms with Crippen LogP contribution in [0, 0.1) is 12.8 Å². The van der Waals surface area contributed by atoms with Gasteiger partial charge in [-0.1, -0.05) is 0 Å². The van der Waals surface area contributed by atoms with Crippen LogP contribution in [-0.4, -0.2) is 61.3 Å². The van der Waals surface area contributed by atoms with Crippen molar-refractivity contribution in [1.82, 2.24) is 14.6 Å². The van der Waals surface area contributed by atoms with Gasteiger partial charge >= 0.3 is 0 Å². The second-order valence-electron chi connectivity index (χ2n) is 8.80. The third kappa shape index (κ3) is 5.00. The second-order valence-corrected chi connectivity index (χ2v) is 10.7. The Kier molecular flexibility index (Phi) is 6.90. The molecule has 31 heavy (non-hydrogen) atoms. The van der Waals surface area contributed by atoms with Gasteiger partial charge in [-0.2, -0.15) is 4.31 Å². The summed E-state index contributed by atoms with van der Waals surface area (Å²) >= 11 is 0. The predicted octanol–water partition coefficient (Wildman–Crippen LogP) is 2.94. The smallest absolute Gasteiger partial charge is 0.248 e. The fourth-order valence-electron chi connectivity index (χ4n) is 4.40. The van der Waals surface area contributed by atoms with Crippen molar-refractivity contribution in [3.8, 4) is 0 Å². The van der Waals surface area contributed by atoms with Gasteiger partial charge < -0.3 is 10.2 Å². The minimum absolute atomic E-state index is 0.0477. The fourth-order valence-corrected chi connectivity index (χ4v) is 6.20. The Morgan fingerprint density at radius 1 is 1.35 bits per heavy atom. The molecule has 0 aromatic carbocycles. The van der Waals surface area contributed by atoms with Crippen LogP contribution in [0.15, 0.2) is 17.0 Å². The minimum atomic E-state index is -3.97. The predicted molar refractivity (Wildman–Crippen MR) is 115 cm³/mol. The van der Waals surface area contributed by atoms with Gasteiger partial charge in [-0.3, -0.25) is 4.79 Å². The van der Waals surface area contributed by atoms with Crippen LogP contribution >= 0.6 is 0 Å². The molecule has 1 aliphatic carbocycles. The summed E-state index contributed by atoms with van der Waals surface area (Å²) in [4.78, 5) is 19.3. The molecule has 1 atom stereocenters. The van der Waals surface area contributed by atoms with Gasteiger partial charge in [0.05, 0.1) is 0 Å². The SMILES string of the molecule is CCN(c1nc(C)ccc1S(=O)(=O)N1CCC[C@H]1C(=O)NCC1CC(F)(F)C1)C(C)C. The number of hydrogen-bond donors (Lipinski definition) is 1. The number of alkyl halides is 2. The molecule has 1 amide bonds. The molecule has 1 aromatic rings. The molecule has 1 saturated heterocycles. The van der Waals surface area contributed by atoms with E-state index < -0.39 is 27.9 Å². The van der Waals surface area contributed by atoms with Gasteiger partial charge in [0.25, 0.3) is 0 Å². The van der Waals surface area contributed by atoms with Crippen molar-refractivity contribution in [2.24, 2.45) is 5.92 Å². The first-order valence-corrected chi connectivity index (χ1v) is 12.3. The largest absolute Gasteiger partial charge is 0.354 e. The van der Waals surface area contributed by atoms with Crippen LogP contribution in [0.4, 0.5) is 14.6 Å². The van der Waals surface area contributed by atoms with E-state index in [4.69, 9.17) is 0 Å². The fraction of sp³-hybridized carbons (Fsp3) is 0.714. The molecule has 0 radical (unpaired) electrons. The number of rotatable bonds is 8. The van der Waals surface area contributed by atoms with Gasteiger partial charge in [0.1, 0.15) is 16.8 Å². The van der Waals surface area contributed by atoms with Crippen molar-refractivity contribution >= 4 is 21.7 Å². The molecule has 0 spiro atoms. The number of aromatic nitrogens is 1. The minimum Gasteiger partial charge on any atom is -0.354 e. The number of aryl methyl sites for hydroxylation is 1. The van der Waals surface area contributed by atoms with E-state index in [1.165, 1.54) is 4.31 Å². The zero-order valence-electron chi connectivity index (χ0n) is 18.6. The zero-order valence-corrected chi connectivity index (χ0v) is 19.4. The van der Waals surface area contributed by atoms with E-state index in [2.05, 4.69) is 10.3 Å². The Labute approximate surface area is 183 Å². The first kappa shape index (κ1) is 23.8. The van der Waals surface area contributed by atoms with Crippen molar-refractivity contribution in [1.29, 1.82) is 0 Å². The number of nitrogens with zero attached hydrogens (tertiary/aromatic N) is 3. The van der Waals surface area contributed by atoms with Crippen molar-refractivity contribution in [2.45, 2.75) is 76.3 Å². The standard InChI is InChI=1S/C21H32F2N4O3S/c1-5-26(14(2)3)19-18(9-8-15(4)25-19)31(29,30)27-10-6-7-17(27)20(28)24-13-16-11-21(22,23)12-16/h8-9,14,16-17H,5-7,10-13H2,1-4H3,(H,24,28)/t17-/m0/s1. The van der Waals surface area contributed by atoms with Crippen molar-refractivity contribution in [3.63, 3.8) is 0 Å². The lowest BCUT2D eigenvalue weighted by molar-refractivity contribution is -0.128.